The van der Waals surface area contributed by atoms with Gasteiger partial charge in [0, 0.05) is 50.1 Å². The van der Waals surface area contributed by atoms with E-state index in [-0.39, 0.29) is 11.9 Å². The topological polar surface area (TPSA) is 183 Å². The first kappa shape index (κ1) is 36.6. The number of nitrogens with two attached hydrogens (primary N) is 2. The van der Waals surface area contributed by atoms with Crippen molar-refractivity contribution in [2.75, 3.05) is 38.0 Å². The number of aryl methyl sites for hydroxylation is 1. The van der Waals surface area contributed by atoms with E-state index < -0.39 is 5.82 Å². The van der Waals surface area contributed by atoms with Crippen molar-refractivity contribution in [3.05, 3.63) is 72.6 Å². The number of guanidine groups is 1. The molecule has 2 rings (SSSR count). The van der Waals surface area contributed by atoms with Gasteiger partial charge in [-0.3, -0.25) is 19.6 Å². The van der Waals surface area contributed by atoms with Gasteiger partial charge >= 0.3 is 0 Å². The quantitative estimate of drug-likeness (QED) is 0.0505. The van der Waals surface area contributed by atoms with Gasteiger partial charge in [-0.05, 0) is 56.3 Å². The van der Waals surface area contributed by atoms with E-state index in [0.29, 0.717) is 63.6 Å². The lowest BCUT2D eigenvalue weighted by molar-refractivity contribution is -0.121. The average Bonchev–Trinajstić information content (AvgIpc) is 3.03. The smallest absolute Gasteiger partial charge is 0.267 e. The van der Waals surface area contributed by atoms with E-state index in [4.69, 9.17) is 16.7 Å². The zero-order chi connectivity index (χ0) is 31.7. The van der Waals surface area contributed by atoms with Crippen LogP contribution in [-0.4, -0.2) is 69.3 Å². The molecule has 2 unspecified atom stereocenters. The first-order valence-electron chi connectivity index (χ1n) is 14.4. The minimum atomic E-state index is -0.443. The molecule has 2 amide bonds. The number of aromatic nitrogens is 1. The number of rotatable bonds is 18. The fourth-order valence-electron chi connectivity index (χ4n) is 3.86. The molecule has 2 atom stereocenters. The molecule has 0 saturated carbocycles. The van der Waals surface area contributed by atoms with Crippen LogP contribution in [0, 0.1) is 11.2 Å². The summed E-state index contributed by atoms with van der Waals surface area (Å²) in [6.45, 7) is 12.0. The molecule has 1 heterocycles. The summed E-state index contributed by atoms with van der Waals surface area (Å²) >= 11 is 0. The van der Waals surface area contributed by atoms with Crippen LogP contribution in [0.1, 0.15) is 43.0 Å². The first-order valence-corrected chi connectivity index (χ1v) is 14.4. The van der Waals surface area contributed by atoms with Gasteiger partial charge in [0.05, 0.1) is 17.6 Å². The molecule has 229 valence electrons. The minimum Gasteiger partial charge on any atom is -0.355 e. The average molecular weight is 587 g/mol. The van der Waals surface area contributed by atoms with Gasteiger partial charge in [0.25, 0.3) is 7.28 Å². The van der Waals surface area contributed by atoms with Gasteiger partial charge in [-0.25, -0.2) is 5.26 Å². The van der Waals surface area contributed by atoms with E-state index in [1.807, 2.05) is 31.1 Å². The number of pyridine rings is 1. The van der Waals surface area contributed by atoms with E-state index in [2.05, 4.69) is 56.5 Å². The van der Waals surface area contributed by atoms with Gasteiger partial charge in [0.1, 0.15) is 0 Å². The molecule has 0 aliphatic rings. The number of carbonyl (C=O) groups is 2. The molecule has 0 bridgehead atoms. The van der Waals surface area contributed by atoms with Gasteiger partial charge in [0.2, 0.25) is 12.3 Å². The SMILES string of the molecule is C=Cc1cc(NC=O)cnc1C=C.CC(CCc1ccccc1)NC(=O)C([B]C#N)CCCN=C(NCCN)NCCN. The molecule has 0 aliphatic carbocycles. The normalized spacial score (nSPS) is 11.2. The van der Waals surface area contributed by atoms with Crippen molar-refractivity contribution in [3.8, 4) is 5.97 Å². The maximum Gasteiger partial charge on any atom is 0.267 e. The predicted octanol–water partition coefficient (Wildman–Crippen LogP) is 2.27. The number of hydrogen-bond donors (Lipinski definition) is 6. The Bertz CT molecular complexity index is 1180. The van der Waals surface area contributed by atoms with Crippen LogP contribution >= 0.6 is 0 Å². The standard InChI is InChI=1S/C21H35BN7O.C10H10N2O/c1-17(9-10-18-6-3-2-4-7-18)29-20(30)19(22-16-25)8-5-13-26-21(27-14-11-23)28-15-12-24;1-3-8-5-9(12-7-13)6-11-10(8)4-2/h2-4,6-7,17,19H,5,8-15,23-24H2,1H3,(H,29,30)(H2,26,27,28);3-7H,1-2H2,(H,12,13). The molecule has 0 fully saturated rings. The highest BCUT2D eigenvalue weighted by Crippen LogP contribution is 2.15. The Morgan fingerprint density at radius 3 is 2.42 bits per heavy atom. The molecule has 1 aromatic heterocycles. The molecule has 0 aliphatic heterocycles. The third kappa shape index (κ3) is 15.9. The third-order valence-electron chi connectivity index (χ3n) is 6.12. The number of anilines is 1. The van der Waals surface area contributed by atoms with Gasteiger partial charge in [-0.2, -0.15) is 0 Å². The highest BCUT2D eigenvalue weighted by Gasteiger charge is 2.21. The molecular weight excluding hydrogens is 541 g/mol. The van der Waals surface area contributed by atoms with E-state index in [1.54, 1.807) is 24.4 Å². The van der Waals surface area contributed by atoms with Crippen LogP contribution < -0.4 is 32.7 Å². The van der Waals surface area contributed by atoms with Crippen molar-refractivity contribution in [1.29, 1.82) is 5.26 Å². The molecule has 12 heteroatoms. The lowest BCUT2D eigenvalue weighted by atomic mass is 9.63. The molecule has 1 radical (unpaired) electrons. The summed E-state index contributed by atoms with van der Waals surface area (Å²) < 4.78 is 0. The van der Waals surface area contributed by atoms with E-state index in [1.165, 1.54) is 12.8 Å². The number of hydrogen-bond acceptors (Lipinski definition) is 7. The monoisotopic (exact) mass is 586 g/mol. The van der Waals surface area contributed by atoms with Crippen LogP contribution in [0.2, 0.25) is 5.82 Å². The molecule has 2 aromatic rings. The second kappa shape index (κ2) is 23.1. The van der Waals surface area contributed by atoms with Crippen LogP contribution in [0.3, 0.4) is 0 Å². The molecule has 43 heavy (non-hydrogen) atoms. The summed E-state index contributed by atoms with van der Waals surface area (Å²) in [6.07, 6.45) is 8.49. The zero-order valence-electron chi connectivity index (χ0n) is 25.1. The molecule has 0 spiro atoms. The summed E-state index contributed by atoms with van der Waals surface area (Å²) in [5.74, 6) is 2.12. The molecule has 1 aromatic carbocycles. The molecule has 0 saturated heterocycles. The Labute approximate surface area is 256 Å². The van der Waals surface area contributed by atoms with Crippen LogP contribution in [0.4, 0.5) is 5.69 Å². The predicted molar refractivity (Wildman–Crippen MR) is 177 cm³/mol. The number of nitriles is 1. The van der Waals surface area contributed by atoms with Crippen LogP contribution in [-0.2, 0) is 16.0 Å². The molecule has 8 N–H and O–H groups in total. The fourth-order valence-corrected chi connectivity index (χ4v) is 3.86. The largest absolute Gasteiger partial charge is 0.355 e. The van der Waals surface area contributed by atoms with Crippen LogP contribution in [0.5, 0.6) is 0 Å². The summed E-state index contributed by atoms with van der Waals surface area (Å²) in [5, 5.41) is 20.8. The Hall–Kier alpha value is -4.47. The van der Waals surface area contributed by atoms with Crippen molar-refractivity contribution >= 4 is 43.4 Å². The van der Waals surface area contributed by atoms with Crippen molar-refractivity contribution < 1.29 is 9.59 Å². The second-order valence-electron chi connectivity index (χ2n) is 9.51. The van der Waals surface area contributed by atoms with Gasteiger partial charge in [-0.15, -0.1) is 0 Å². The Balaban J connectivity index is 0.000000589. The summed E-state index contributed by atoms with van der Waals surface area (Å²) in [7, 11) is 1.41. The number of aliphatic imine (C=N–C) groups is 1. The van der Waals surface area contributed by atoms with Crippen molar-refractivity contribution in [2.24, 2.45) is 16.5 Å². The Kier molecular flexibility index (Phi) is 19.7. The lowest BCUT2D eigenvalue weighted by Gasteiger charge is -2.18. The highest BCUT2D eigenvalue weighted by molar-refractivity contribution is 6.52. The second-order valence-corrected chi connectivity index (χ2v) is 9.51. The number of amides is 2. The van der Waals surface area contributed by atoms with Crippen LogP contribution in [0.25, 0.3) is 12.2 Å². The number of nitrogens with zero attached hydrogens (tertiary/aromatic N) is 3. The van der Waals surface area contributed by atoms with Crippen molar-refractivity contribution in [3.63, 3.8) is 0 Å². The molecule has 11 nitrogen and oxygen atoms in total. The minimum absolute atomic E-state index is 0.0397. The number of carbonyl (C=O) groups excluding carboxylic acids is 2. The molecular formula is C31H45BN9O2. The van der Waals surface area contributed by atoms with Gasteiger partial charge < -0.3 is 32.7 Å². The summed E-state index contributed by atoms with van der Waals surface area (Å²) in [6, 6.07) is 12.0. The summed E-state index contributed by atoms with van der Waals surface area (Å²) in [4.78, 5) is 31.3. The highest BCUT2D eigenvalue weighted by atomic mass is 16.2. The maximum absolute atomic E-state index is 12.6. The van der Waals surface area contributed by atoms with Gasteiger partial charge in [-0.1, -0.05) is 49.6 Å². The maximum atomic E-state index is 12.6. The van der Waals surface area contributed by atoms with Crippen LogP contribution in [0.15, 0.2) is 60.7 Å². The van der Waals surface area contributed by atoms with Gasteiger partial charge in [0.15, 0.2) is 5.96 Å². The third-order valence-corrected chi connectivity index (χ3v) is 6.12. The summed E-state index contributed by atoms with van der Waals surface area (Å²) in [5.41, 5.74) is 14.5. The zero-order valence-corrected chi connectivity index (χ0v) is 25.1. The fraction of sp³-hybridized carbons (Fsp3) is 0.387. The van der Waals surface area contributed by atoms with Crippen molar-refractivity contribution in [1.82, 2.24) is 20.9 Å². The van der Waals surface area contributed by atoms with E-state index in [0.717, 1.165) is 24.1 Å². The van der Waals surface area contributed by atoms with Crippen molar-refractivity contribution in [2.45, 2.75) is 44.5 Å². The van der Waals surface area contributed by atoms with E-state index >= 15 is 0 Å². The number of nitrogens with one attached hydrogen (secondary N) is 4. The lowest BCUT2D eigenvalue weighted by Crippen LogP contribution is -2.42. The Morgan fingerprint density at radius 1 is 1.14 bits per heavy atom. The van der Waals surface area contributed by atoms with E-state index in [9.17, 15) is 9.59 Å². The Morgan fingerprint density at radius 2 is 1.84 bits per heavy atom. The number of benzene rings is 1. The first-order chi connectivity index (χ1) is 20.9.